The first-order valence-electron chi connectivity index (χ1n) is 8.60. The van der Waals surface area contributed by atoms with Gasteiger partial charge in [-0.15, -0.1) is 11.3 Å². The number of rotatable bonds is 8. The number of carbonyl (C=O) groups is 3. The molecule has 2 heterocycles. The van der Waals surface area contributed by atoms with Crippen molar-refractivity contribution in [2.45, 2.75) is 12.6 Å². The molecule has 164 valence electrons. The van der Waals surface area contributed by atoms with E-state index in [0.717, 1.165) is 6.21 Å². The van der Waals surface area contributed by atoms with Crippen molar-refractivity contribution in [3.8, 4) is 0 Å². The summed E-state index contributed by atoms with van der Waals surface area (Å²) in [6.07, 6.45) is 0.819. The summed E-state index contributed by atoms with van der Waals surface area (Å²) in [5.41, 5.74) is 6.26. The van der Waals surface area contributed by atoms with Crippen LogP contribution in [0.2, 0.25) is 0 Å². The summed E-state index contributed by atoms with van der Waals surface area (Å²) in [6.45, 7) is -0.191. The maximum Gasteiger partial charge on any atom is 0.339 e. The van der Waals surface area contributed by atoms with Gasteiger partial charge in [-0.05, 0) is 12.1 Å². The Morgan fingerprint density at radius 3 is 2.74 bits per heavy atom. The van der Waals surface area contributed by atoms with E-state index in [9.17, 15) is 22.8 Å². The van der Waals surface area contributed by atoms with E-state index in [1.54, 1.807) is 28.3 Å². The number of amides is 4. The zero-order valence-corrected chi connectivity index (χ0v) is 17.4. The summed E-state index contributed by atoms with van der Waals surface area (Å²) < 4.78 is 27.8. The Morgan fingerprint density at radius 1 is 1.35 bits per heavy atom. The van der Waals surface area contributed by atoms with Crippen LogP contribution in [0.25, 0.3) is 0 Å². The Morgan fingerprint density at radius 2 is 2.10 bits per heavy atom. The van der Waals surface area contributed by atoms with Gasteiger partial charge < -0.3 is 15.9 Å². The van der Waals surface area contributed by atoms with Crippen molar-refractivity contribution in [2.24, 2.45) is 5.16 Å². The Bertz CT molecular complexity index is 1100. The molecule has 1 saturated heterocycles. The van der Waals surface area contributed by atoms with Gasteiger partial charge >= 0.3 is 16.2 Å². The predicted molar refractivity (Wildman–Crippen MR) is 111 cm³/mol. The van der Waals surface area contributed by atoms with E-state index in [-0.39, 0.29) is 18.8 Å². The number of benzene rings is 1. The zero-order chi connectivity index (χ0) is 22.4. The first kappa shape index (κ1) is 22.0. The molecule has 1 aliphatic heterocycles. The summed E-state index contributed by atoms with van der Waals surface area (Å²) in [5.74, 6) is -1.50. The van der Waals surface area contributed by atoms with Crippen LogP contribution in [0.15, 0.2) is 40.9 Å². The lowest BCUT2D eigenvalue weighted by atomic mass is 10.1. The number of carbonyl (C=O) groups excluding carboxylic acids is 3. The fourth-order valence-corrected chi connectivity index (χ4v) is 3.75. The average Bonchev–Trinajstić information content (AvgIpc) is 3.12. The maximum absolute atomic E-state index is 12.0. The molecule has 4 amide bonds. The van der Waals surface area contributed by atoms with E-state index in [1.807, 2.05) is 0 Å². The second kappa shape index (κ2) is 9.40. The van der Waals surface area contributed by atoms with Crippen molar-refractivity contribution in [3.05, 3.63) is 41.4 Å². The molecule has 15 heteroatoms. The van der Waals surface area contributed by atoms with Gasteiger partial charge in [0, 0.05) is 5.38 Å². The Labute approximate surface area is 180 Å². The molecule has 5 N–H and O–H groups in total. The number of oxime groups is 1. The van der Waals surface area contributed by atoms with Crippen LogP contribution >= 0.6 is 11.3 Å². The molecule has 31 heavy (non-hydrogen) atoms. The molecule has 0 radical (unpaired) electrons. The molecule has 1 aliphatic rings. The summed E-state index contributed by atoms with van der Waals surface area (Å²) in [5, 5.41) is 7.82. The molecule has 0 aliphatic carbocycles. The minimum Gasteiger partial charge on any atom is -0.389 e. The van der Waals surface area contributed by atoms with E-state index < -0.39 is 34.1 Å². The van der Waals surface area contributed by atoms with Crippen molar-refractivity contribution in [2.75, 3.05) is 17.0 Å². The standard InChI is InChI=1S/C16H17N7O6S2/c17-15-19-11(9-30-15)8-29-18-6-13(24)20-12-7-23(14(12)25)16(26)22-31(27,28)21-10-4-2-1-3-5-10/h1-6,9,12,21H,7-8H2,(H2,17,19)(H,20,24)(H,22,26)/t12-/m0/s1. The predicted octanol–water partition coefficient (Wildman–Crippen LogP) is -0.379. The number of urea groups is 1. The quantitative estimate of drug-likeness (QED) is 0.230. The number of nitrogens with two attached hydrogens (primary N) is 1. The van der Waals surface area contributed by atoms with E-state index in [4.69, 9.17) is 10.6 Å². The fourth-order valence-electron chi connectivity index (χ4n) is 2.36. The number of anilines is 2. The van der Waals surface area contributed by atoms with Crippen LogP contribution in [0.5, 0.6) is 0 Å². The largest absolute Gasteiger partial charge is 0.389 e. The molecule has 0 spiro atoms. The number of hydrogen-bond donors (Lipinski definition) is 4. The topological polar surface area (TPSA) is 185 Å². The van der Waals surface area contributed by atoms with Crippen LogP contribution < -0.4 is 20.5 Å². The number of nitrogen functional groups attached to an aromatic ring is 1. The first-order chi connectivity index (χ1) is 14.7. The highest BCUT2D eigenvalue weighted by Crippen LogP contribution is 2.13. The molecule has 1 aromatic heterocycles. The van der Waals surface area contributed by atoms with E-state index in [0.29, 0.717) is 15.7 Å². The molecular weight excluding hydrogens is 450 g/mol. The van der Waals surface area contributed by atoms with Crippen molar-refractivity contribution in [3.63, 3.8) is 0 Å². The van der Waals surface area contributed by atoms with Crippen LogP contribution in [0.4, 0.5) is 15.6 Å². The molecular formula is C16H17N7O6S2. The molecule has 0 saturated carbocycles. The number of thiazole rings is 1. The highest BCUT2D eigenvalue weighted by atomic mass is 32.2. The molecule has 0 bridgehead atoms. The number of aromatic nitrogens is 1. The Kier molecular flexibility index (Phi) is 6.66. The van der Waals surface area contributed by atoms with Crippen molar-refractivity contribution >= 4 is 56.4 Å². The number of para-hydroxylation sites is 1. The normalized spacial score (nSPS) is 15.9. The number of nitrogens with one attached hydrogen (secondary N) is 3. The van der Waals surface area contributed by atoms with Gasteiger partial charge in [0.25, 0.3) is 11.8 Å². The minimum atomic E-state index is -4.24. The van der Waals surface area contributed by atoms with Gasteiger partial charge in [0.05, 0.1) is 17.9 Å². The smallest absolute Gasteiger partial charge is 0.339 e. The van der Waals surface area contributed by atoms with Crippen molar-refractivity contribution in [1.29, 1.82) is 0 Å². The molecule has 0 unspecified atom stereocenters. The molecule has 1 atom stereocenters. The number of β-lactam (4-membered cyclic amide) rings is 1. The van der Waals surface area contributed by atoms with E-state index in [1.165, 1.54) is 23.5 Å². The van der Waals surface area contributed by atoms with Crippen molar-refractivity contribution < 1.29 is 27.6 Å². The molecule has 2 aromatic rings. The highest BCUT2D eigenvalue weighted by Gasteiger charge is 2.42. The van der Waals surface area contributed by atoms with Crippen LogP contribution in [-0.2, 0) is 31.2 Å². The zero-order valence-electron chi connectivity index (χ0n) is 15.7. The summed E-state index contributed by atoms with van der Waals surface area (Å²) in [4.78, 5) is 45.3. The number of imide groups is 1. The maximum atomic E-state index is 12.0. The van der Waals surface area contributed by atoms with Crippen LogP contribution in [0.3, 0.4) is 0 Å². The third kappa shape index (κ3) is 6.13. The SMILES string of the molecule is Nc1nc(CON=CC(=O)N[C@H]2CN(C(=O)NS(=O)(=O)Nc3ccccc3)C2=O)cs1. The van der Waals surface area contributed by atoms with Gasteiger partial charge in [0.2, 0.25) is 0 Å². The Balaban J connectivity index is 1.41. The Hall–Kier alpha value is -3.72. The van der Waals surface area contributed by atoms with E-state index in [2.05, 4.69) is 20.2 Å². The van der Waals surface area contributed by atoms with Crippen LogP contribution in [0, 0.1) is 0 Å². The van der Waals surface area contributed by atoms with Gasteiger partial charge in [-0.1, -0.05) is 23.4 Å². The summed E-state index contributed by atoms with van der Waals surface area (Å²) >= 11 is 1.23. The first-order valence-corrected chi connectivity index (χ1v) is 11.0. The third-order valence-corrected chi connectivity index (χ3v) is 5.44. The highest BCUT2D eigenvalue weighted by molar-refractivity contribution is 7.91. The monoisotopic (exact) mass is 467 g/mol. The lowest BCUT2D eigenvalue weighted by molar-refractivity contribution is -0.141. The number of likely N-dealkylation sites (tertiary alicyclic amines) is 1. The number of nitrogens with zero attached hydrogens (tertiary/aromatic N) is 3. The van der Waals surface area contributed by atoms with E-state index >= 15 is 0 Å². The molecule has 1 fully saturated rings. The van der Waals surface area contributed by atoms with Crippen molar-refractivity contribution in [1.82, 2.24) is 19.9 Å². The summed E-state index contributed by atoms with van der Waals surface area (Å²) in [7, 11) is -4.24. The molecule has 13 nitrogen and oxygen atoms in total. The molecule has 1 aromatic carbocycles. The molecule has 3 rings (SSSR count). The third-order valence-electron chi connectivity index (χ3n) is 3.77. The minimum absolute atomic E-state index is 0.0132. The second-order valence-electron chi connectivity index (χ2n) is 6.07. The average molecular weight is 467 g/mol. The van der Waals surface area contributed by atoms with Crippen LogP contribution in [0.1, 0.15) is 5.69 Å². The van der Waals surface area contributed by atoms with Gasteiger partial charge in [-0.3, -0.25) is 19.2 Å². The fraction of sp³-hybridized carbons (Fsp3) is 0.188. The lowest BCUT2D eigenvalue weighted by Gasteiger charge is -2.36. The van der Waals surface area contributed by atoms with Crippen LogP contribution in [-0.4, -0.2) is 54.9 Å². The van der Waals surface area contributed by atoms with Gasteiger partial charge in [0.1, 0.15) is 12.3 Å². The van der Waals surface area contributed by atoms with Gasteiger partial charge in [0.15, 0.2) is 11.7 Å². The number of hydrogen-bond acceptors (Lipinski definition) is 10. The van der Waals surface area contributed by atoms with Gasteiger partial charge in [-0.25, -0.2) is 14.5 Å². The summed E-state index contributed by atoms with van der Waals surface area (Å²) in [6, 6.07) is 5.75. The lowest BCUT2D eigenvalue weighted by Crippen LogP contribution is -2.67. The van der Waals surface area contributed by atoms with Gasteiger partial charge in [-0.2, -0.15) is 8.42 Å². The second-order valence-corrected chi connectivity index (χ2v) is 8.38.